The summed E-state index contributed by atoms with van der Waals surface area (Å²) in [7, 11) is -7.06. The first-order valence-corrected chi connectivity index (χ1v) is 19.6. The van der Waals surface area contributed by atoms with Crippen LogP contribution in [0.2, 0.25) is 12.1 Å². The van der Waals surface area contributed by atoms with Crippen LogP contribution in [-0.2, 0) is 0 Å². The first kappa shape index (κ1) is 32.2. The number of hydrogen-bond acceptors (Lipinski definition) is 6. The topological polar surface area (TPSA) is 55.4 Å². The van der Waals surface area contributed by atoms with Crippen LogP contribution in [0.25, 0.3) is 0 Å². The van der Waals surface area contributed by atoms with Crippen molar-refractivity contribution in [2.45, 2.75) is 12.1 Å². The van der Waals surface area contributed by atoms with Crippen LogP contribution in [0.4, 0.5) is 0 Å². The molecule has 6 aromatic rings. The quantitative estimate of drug-likeness (QED) is 0.0756. The van der Waals surface area contributed by atoms with Crippen LogP contribution in [0.15, 0.2) is 194 Å². The van der Waals surface area contributed by atoms with Gasteiger partial charge in [-0.15, -0.1) is 0 Å². The molecule has 0 aliphatic heterocycles. The van der Waals surface area contributed by atoms with Crippen molar-refractivity contribution in [2.75, 3.05) is 0 Å². The van der Waals surface area contributed by atoms with Crippen LogP contribution in [0.5, 0.6) is 34.5 Å². The smallest absolute Gasteiger partial charge is 0.483 e. The first-order valence-electron chi connectivity index (χ1n) is 15.8. The van der Waals surface area contributed by atoms with E-state index in [4.69, 9.17) is 26.6 Å². The SMILES string of the molecule is C(=CC[Si](Oc1ccccc1)(Oc1ccccc1)Oc1ccccc1)C[Si](Oc1ccccc1)(Oc1ccccc1)Oc1ccccc1. The molecule has 0 fully saturated rings. The molecule has 6 rings (SSSR count). The van der Waals surface area contributed by atoms with Crippen molar-refractivity contribution >= 4 is 17.6 Å². The summed E-state index contributed by atoms with van der Waals surface area (Å²) in [6.07, 6.45) is 4.03. The van der Waals surface area contributed by atoms with Gasteiger partial charge in [0.25, 0.3) is 0 Å². The lowest BCUT2D eigenvalue weighted by Gasteiger charge is -2.30. The summed E-state index contributed by atoms with van der Waals surface area (Å²) in [4.78, 5) is 0. The van der Waals surface area contributed by atoms with Gasteiger partial charge in [-0.05, 0) is 72.8 Å². The Hall–Kier alpha value is -5.71. The molecule has 0 heterocycles. The largest absolute Gasteiger partial charge is 0.703 e. The third kappa shape index (κ3) is 9.41. The molecule has 0 aromatic heterocycles. The highest BCUT2D eigenvalue weighted by molar-refractivity contribution is 6.64. The predicted octanol–water partition coefficient (Wildman–Crippen LogP) is 9.89. The Morgan fingerprint density at radius 2 is 0.438 bits per heavy atom. The summed E-state index contributed by atoms with van der Waals surface area (Å²) in [5.74, 6) is 3.92. The third-order valence-corrected chi connectivity index (χ3v) is 11.8. The van der Waals surface area contributed by atoms with E-state index in [1.807, 2.05) is 194 Å². The van der Waals surface area contributed by atoms with E-state index in [9.17, 15) is 0 Å². The van der Waals surface area contributed by atoms with Gasteiger partial charge in [0.15, 0.2) is 0 Å². The molecule has 0 spiro atoms. The lowest BCUT2D eigenvalue weighted by molar-refractivity contribution is 0.262. The Balaban J connectivity index is 1.35. The van der Waals surface area contributed by atoms with Crippen LogP contribution in [0.3, 0.4) is 0 Å². The molecule has 0 unspecified atom stereocenters. The number of hydrogen-bond donors (Lipinski definition) is 0. The number of benzene rings is 6. The third-order valence-electron chi connectivity index (χ3n) is 7.00. The number of rotatable bonds is 16. The van der Waals surface area contributed by atoms with E-state index in [1.165, 1.54) is 0 Å². The zero-order valence-corrected chi connectivity index (χ0v) is 28.3. The molecule has 0 N–H and O–H groups in total. The van der Waals surface area contributed by atoms with Gasteiger partial charge in [-0.25, -0.2) is 0 Å². The average Bonchev–Trinajstić information content (AvgIpc) is 3.13. The Labute approximate surface area is 284 Å². The fourth-order valence-electron chi connectivity index (χ4n) is 4.84. The fourth-order valence-corrected chi connectivity index (χ4v) is 9.47. The number of para-hydroxylation sites is 6. The summed E-state index contributed by atoms with van der Waals surface area (Å²) in [5, 5.41) is 0. The van der Waals surface area contributed by atoms with Crippen LogP contribution >= 0.6 is 0 Å². The van der Waals surface area contributed by atoms with Crippen molar-refractivity contribution < 1.29 is 26.6 Å². The second-order valence-electron chi connectivity index (χ2n) is 10.7. The monoisotopic (exact) mass is 668 g/mol. The van der Waals surface area contributed by atoms with Gasteiger partial charge in [-0.3, -0.25) is 0 Å². The maximum Gasteiger partial charge on any atom is 0.703 e. The normalized spacial score (nSPS) is 11.4. The van der Waals surface area contributed by atoms with Gasteiger partial charge < -0.3 is 26.6 Å². The van der Waals surface area contributed by atoms with Crippen molar-refractivity contribution in [3.63, 3.8) is 0 Å². The Morgan fingerprint density at radius 1 is 0.271 bits per heavy atom. The van der Waals surface area contributed by atoms with E-state index in [1.54, 1.807) is 0 Å². The van der Waals surface area contributed by atoms with E-state index in [0.717, 1.165) is 0 Å². The zero-order valence-electron chi connectivity index (χ0n) is 26.3. The van der Waals surface area contributed by atoms with Crippen LogP contribution < -0.4 is 26.6 Å². The number of allylic oxidation sites excluding steroid dienone is 2. The van der Waals surface area contributed by atoms with E-state index < -0.39 is 17.6 Å². The molecule has 0 saturated carbocycles. The second kappa shape index (κ2) is 16.2. The summed E-state index contributed by atoms with van der Waals surface area (Å²) in [6, 6.07) is 58.4. The molecule has 0 bridgehead atoms. The second-order valence-corrected chi connectivity index (χ2v) is 15.5. The van der Waals surface area contributed by atoms with Crippen molar-refractivity contribution in [3.8, 4) is 34.5 Å². The minimum Gasteiger partial charge on any atom is -0.483 e. The van der Waals surface area contributed by atoms with Gasteiger partial charge in [-0.2, -0.15) is 0 Å². The summed E-state index contributed by atoms with van der Waals surface area (Å²) >= 11 is 0. The van der Waals surface area contributed by atoms with Crippen molar-refractivity contribution in [2.24, 2.45) is 0 Å². The highest BCUT2D eigenvalue weighted by Crippen LogP contribution is 2.30. The molecule has 240 valence electrons. The lowest BCUT2D eigenvalue weighted by atomic mass is 10.3. The maximum atomic E-state index is 6.69. The molecule has 0 amide bonds. The van der Waals surface area contributed by atoms with Gasteiger partial charge in [-0.1, -0.05) is 121 Å². The van der Waals surface area contributed by atoms with E-state index in [-0.39, 0.29) is 0 Å². The van der Waals surface area contributed by atoms with Gasteiger partial charge in [0.05, 0.1) is 12.1 Å². The highest BCUT2D eigenvalue weighted by atomic mass is 28.4. The highest BCUT2D eigenvalue weighted by Gasteiger charge is 2.50. The summed E-state index contributed by atoms with van der Waals surface area (Å²) < 4.78 is 40.1. The molecule has 48 heavy (non-hydrogen) atoms. The van der Waals surface area contributed by atoms with Gasteiger partial charge >= 0.3 is 17.6 Å². The van der Waals surface area contributed by atoms with E-state index in [0.29, 0.717) is 46.6 Å². The summed E-state index contributed by atoms with van der Waals surface area (Å²) in [6.45, 7) is 0. The molecule has 0 radical (unpaired) electrons. The average molecular weight is 669 g/mol. The molecule has 8 heteroatoms. The standard InChI is InChI=1S/C40H36O6Si2/c1-7-21-35(22-8-1)41-47(42-36-23-9-2-10-24-36,43-37-25-11-3-12-26-37)33-19-20-34-48(44-38-27-13-4-14-28-38,45-39-29-15-5-16-30-39)46-40-31-17-6-18-32-40/h1-32H,33-34H2. The molecule has 0 aliphatic carbocycles. The molecular formula is C40H36O6Si2. The Kier molecular flexibility index (Phi) is 10.9. The minimum atomic E-state index is -3.53. The molecule has 6 aromatic carbocycles. The maximum absolute atomic E-state index is 6.69. The van der Waals surface area contributed by atoms with Gasteiger partial charge in [0, 0.05) is 0 Å². The fraction of sp³-hybridized carbons (Fsp3) is 0.0500. The van der Waals surface area contributed by atoms with Crippen LogP contribution in [0, 0.1) is 0 Å². The van der Waals surface area contributed by atoms with Crippen LogP contribution in [0.1, 0.15) is 0 Å². The van der Waals surface area contributed by atoms with Crippen LogP contribution in [-0.4, -0.2) is 17.6 Å². The first-order chi connectivity index (χ1) is 23.7. The van der Waals surface area contributed by atoms with E-state index in [2.05, 4.69) is 0 Å². The molecule has 0 aliphatic rings. The van der Waals surface area contributed by atoms with Gasteiger partial charge in [0.2, 0.25) is 0 Å². The Bertz CT molecular complexity index is 1470. The van der Waals surface area contributed by atoms with Crippen molar-refractivity contribution in [3.05, 3.63) is 194 Å². The predicted molar refractivity (Wildman–Crippen MR) is 193 cm³/mol. The van der Waals surface area contributed by atoms with E-state index >= 15 is 0 Å². The van der Waals surface area contributed by atoms with Crippen molar-refractivity contribution in [1.29, 1.82) is 0 Å². The molecule has 6 nitrogen and oxygen atoms in total. The lowest BCUT2D eigenvalue weighted by Crippen LogP contribution is -2.55. The summed E-state index contributed by atoms with van der Waals surface area (Å²) in [5.41, 5.74) is 0. The molecule has 0 atom stereocenters. The minimum absolute atomic E-state index is 0.345. The van der Waals surface area contributed by atoms with Crippen molar-refractivity contribution in [1.82, 2.24) is 0 Å². The zero-order chi connectivity index (χ0) is 32.7. The Morgan fingerprint density at radius 3 is 0.604 bits per heavy atom. The molecule has 0 saturated heterocycles. The molecular weight excluding hydrogens is 633 g/mol. The van der Waals surface area contributed by atoms with Gasteiger partial charge in [0.1, 0.15) is 34.5 Å².